The van der Waals surface area contributed by atoms with Crippen molar-refractivity contribution in [2.75, 3.05) is 13.1 Å². The molecule has 1 fully saturated rings. The summed E-state index contributed by atoms with van der Waals surface area (Å²) in [6.07, 6.45) is 4.22. The van der Waals surface area contributed by atoms with Crippen molar-refractivity contribution < 1.29 is 4.79 Å². The van der Waals surface area contributed by atoms with Crippen LogP contribution in [0.3, 0.4) is 0 Å². The van der Waals surface area contributed by atoms with Crippen LogP contribution in [-0.2, 0) is 6.54 Å². The highest BCUT2D eigenvalue weighted by atomic mass is 35.5. The first-order valence-electron chi connectivity index (χ1n) is 8.66. The summed E-state index contributed by atoms with van der Waals surface area (Å²) in [7, 11) is 0. The highest BCUT2D eigenvalue weighted by molar-refractivity contribution is 7.11. The molecule has 2 aromatic heterocycles. The van der Waals surface area contributed by atoms with Crippen molar-refractivity contribution in [2.24, 2.45) is 0 Å². The first-order valence-corrected chi connectivity index (χ1v) is 9.48. The number of halogens is 1. The third kappa shape index (κ3) is 4.84. The van der Waals surface area contributed by atoms with Crippen molar-refractivity contribution in [1.82, 2.24) is 20.0 Å². The highest BCUT2D eigenvalue weighted by Crippen LogP contribution is 2.21. The molecule has 7 heteroatoms. The van der Waals surface area contributed by atoms with Crippen molar-refractivity contribution in [3.05, 3.63) is 39.8 Å². The molecule has 1 N–H and O–H groups in total. The van der Waals surface area contributed by atoms with E-state index >= 15 is 0 Å². The lowest BCUT2D eigenvalue weighted by molar-refractivity contribution is 0.0685. The van der Waals surface area contributed by atoms with E-state index in [4.69, 9.17) is 0 Å². The van der Waals surface area contributed by atoms with Gasteiger partial charge in [0.15, 0.2) is 0 Å². The molecule has 0 radical (unpaired) electrons. The van der Waals surface area contributed by atoms with Crippen molar-refractivity contribution >= 4 is 29.7 Å². The Labute approximate surface area is 159 Å². The number of nitrogens with zero attached hydrogens (tertiary/aromatic N) is 3. The van der Waals surface area contributed by atoms with E-state index in [2.05, 4.69) is 43.3 Å². The maximum atomic E-state index is 12.9. The van der Waals surface area contributed by atoms with Crippen LogP contribution in [0.1, 0.15) is 53.0 Å². The zero-order valence-corrected chi connectivity index (χ0v) is 16.7. The quantitative estimate of drug-likeness (QED) is 0.858. The molecular formula is C18H27ClN4OS. The van der Waals surface area contributed by atoms with Gasteiger partial charge < -0.3 is 10.2 Å². The lowest BCUT2D eigenvalue weighted by Crippen LogP contribution is -2.36. The molecule has 2 aromatic rings. The molecule has 1 aliphatic rings. The summed E-state index contributed by atoms with van der Waals surface area (Å²) in [6, 6.07) is 6.56. The number of rotatable bonds is 5. The van der Waals surface area contributed by atoms with Crippen LogP contribution in [0.15, 0.2) is 24.4 Å². The van der Waals surface area contributed by atoms with E-state index in [-0.39, 0.29) is 24.4 Å². The second-order valence-electron chi connectivity index (χ2n) is 6.72. The summed E-state index contributed by atoms with van der Waals surface area (Å²) in [4.78, 5) is 17.3. The number of carbonyl (C=O) groups excluding carboxylic acids is 1. The van der Waals surface area contributed by atoms with E-state index in [1.807, 2.05) is 21.8 Å². The summed E-state index contributed by atoms with van der Waals surface area (Å²) >= 11 is 1.75. The van der Waals surface area contributed by atoms with Crippen molar-refractivity contribution in [3.8, 4) is 0 Å². The molecule has 25 heavy (non-hydrogen) atoms. The number of carbonyl (C=O) groups is 1. The maximum Gasteiger partial charge on any atom is 0.274 e. The Kier molecular flexibility index (Phi) is 7.04. The molecule has 1 unspecified atom stereocenters. The van der Waals surface area contributed by atoms with Gasteiger partial charge in [0.2, 0.25) is 0 Å². The second kappa shape index (κ2) is 8.83. The van der Waals surface area contributed by atoms with Gasteiger partial charge in [-0.3, -0.25) is 9.48 Å². The lowest BCUT2D eigenvalue weighted by Gasteiger charge is -2.26. The van der Waals surface area contributed by atoms with Crippen molar-refractivity contribution in [3.63, 3.8) is 0 Å². The summed E-state index contributed by atoms with van der Waals surface area (Å²) in [5.74, 6) is 0.0126. The van der Waals surface area contributed by atoms with Crippen LogP contribution >= 0.6 is 23.7 Å². The SMILES string of the molecule is Cc1ccc(CN(C(=O)c2ccn(C3CCCNC3)n2)C(C)C)s1.Cl. The Morgan fingerprint density at radius 2 is 2.24 bits per heavy atom. The monoisotopic (exact) mass is 382 g/mol. The molecule has 1 saturated heterocycles. The summed E-state index contributed by atoms with van der Waals surface area (Å²) in [6.45, 7) is 8.85. The van der Waals surface area contributed by atoms with Crippen LogP contribution in [0.4, 0.5) is 0 Å². The summed E-state index contributed by atoms with van der Waals surface area (Å²) in [5.41, 5.74) is 0.544. The zero-order chi connectivity index (χ0) is 17.1. The van der Waals surface area contributed by atoms with Gasteiger partial charge in [0.1, 0.15) is 5.69 Å². The number of hydrogen-bond donors (Lipinski definition) is 1. The molecule has 3 rings (SSSR count). The number of piperidine rings is 1. The van der Waals surface area contributed by atoms with E-state index in [9.17, 15) is 4.79 Å². The first-order chi connectivity index (χ1) is 11.5. The molecule has 1 aliphatic heterocycles. The molecule has 1 amide bonds. The van der Waals surface area contributed by atoms with Gasteiger partial charge in [0.25, 0.3) is 5.91 Å². The lowest BCUT2D eigenvalue weighted by atomic mass is 10.1. The Morgan fingerprint density at radius 1 is 1.44 bits per heavy atom. The highest BCUT2D eigenvalue weighted by Gasteiger charge is 2.23. The molecule has 1 atom stereocenters. The van der Waals surface area contributed by atoms with Gasteiger partial charge in [0, 0.05) is 28.5 Å². The Balaban J connectivity index is 0.00000225. The number of thiophene rings is 1. The standard InChI is InChI=1S/C18H26N4OS.ClH/c1-13(2)21(12-16-7-6-14(3)24-16)18(23)17-8-10-22(20-17)15-5-4-9-19-11-15;/h6-8,10,13,15,19H,4-5,9,11-12H2,1-3H3;1H. The minimum atomic E-state index is 0. The predicted molar refractivity (Wildman–Crippen MR) is 105 cm³/mol. The molecular weight excluding hydrogens is 356 g/mol. The topological polar surface area (TPSA) is 50.2 Å². The zero-order valence-electron chi connectivity index (χ0n) is 15.1. The average molecular weight is 383 g/mol. The molecule has 0 aromatic carbocycles. The average Bonchev–Trinajstić information content (AvgIpc) is 3.22. The van der Waals surface area contributed by atoms with E-state index in [0.717, 1.165) is 25.9 Å². The van der Waals surface area contributed by atoms with E-state index in [1.54, 1.807) is 11.3 Å². The van der Waals surface area contributed by atoms with Gasteiger partial charge in [-0.1, -0.05) is 0 Å². The molecule has 5 nitrogen and oxygen atoms in total. The van der Waals surface area contributed by atoms with Gasteiger partial charge in [-0.05, 0) is 58.4 Å². The number of nitrogens with one attached hydrogen (secondary N) is 1. The van der Waals surface area contributed by atoms with Crippen LogP contribution in [0.5, 0.6) is 0 Å². The Bertz CT molecular complexity index is 691. The van der Waals surface area contributed by atoms with Crippen molar-refractivity contribution in [1.29, 1.82) is 0 Å². The Hall–Kier alpha value is -1.37. The third-order valence-electron chi connectivity index (χ3n) is 4.48. The van der Waals surface area contributed by atoms with Gasteiger partial charge >= 0.3 is 0 Å². The van der Waals surface area contributed by atoms with Gasteiger partial charge in [-0.25, -0.2) is 0 Å². The molecule has 0 spiro atoms. The van der Waals surface area contributed by atoms with Gasteiger partial charge in [0.05, 0.1) is 12.6 Å². The van der Waals surface area contributed by atoms with Crippen LogP contribution in [-0.4, -0.2) is 39.7 Å². The molecule has 0 bridgehead atoms. The van der Waals surface area contributed by atoms with Crippen molar-refractivity contribution in [2.45, 2.75) is 52.2 Å². The first kappa shape index (κ1) is 19.9. The van der Waals surface area contributed by atoms with Gasteiger partial charge in [-0.15, -0.1) is 23.7 Å². The number of amides is 1. The number of aryl methyl sites for hydroxylation is 1. The van der Waals surface area contributed by atoms with E-state index < -0.39 is 0 Å². The minimum absolute atomic E-state index is 0. The number of aromatic nitrogens is 2. The van der Waals surface area contributed by atoms with E-state index in [0.29, 0.717) is 18.3 Å². The normalized spacial score (nSPS) is 17.4. The summed E-state index contributed by atoms with van der Waals surface area (Å²) < 4.78 is 1.95. The van der Waals surface area contributed by atoms with E-state index in [1.165, 1.54) is 9.75 Å². The van der Waals surface area contributed by atoms with Crippen LogP contribution in [0, 0.1) is 6.92 Å². The molecule has 0 saturated carbocycles. The third-order valence-corrected chi connectivity index (χ3v) is 5.46. The predicted octanol–water partition coefficient (Wildman–Crippen LogP) is 3.65. The van der Waals surface area contributed by atoms with Crippen LogP contribution in [0.2, 0.25) is 0 Å². The fourth-order valence-corrected chi connectivity index (χ4v) is 3.98. The molecule has 138 valence electrons. The Morgan fingerprint density at radius 3 is 2.84 bits per heavy atom. The van der Waals surface area contributed by atoms with Gasteiger partial charge in [-0.2, -0.15) is 5.10 Å². The smallest absolute Gasteiger partial charge is 0.274 e. The molecule has 3 heterocycles. The van der Waals surface area contributed by atoms with Crippen LogP contribution < -0.4 is 5.32 Å². The summed E-state index contributed by atoms with van der Waals surface area (Å²) in [5, 5.41) is 7.97. The second-order valence-corrected chi connectivity index (χ2v) is 8.09. The maximum absolute atomic E-state index is 12.9. The van der Waals surface area contributed by atoms with Crippen LogP contribution in [0.25, 0.3) is 0 Å². The minimum Gasteiger partial charge on any atom is -0.330 e. The largest absolute Gasteiger partial charge is 0.330 e. The number of hydrogen-bond acceptors (Lipinski definition) is 4. The fourth-order valence-electron chi connectivity index (χ4n) is 3.09. The fraction of sp³-hybridized carbons (Fsp3) is 0.556. The molecule has 0 aliphatic carbocycles.